The highest BCUT2D eigenvalue weighted by atomic mass is 29.3. The summed E-state index contributed by atoms with van der Waals surface area (Å²) in [7, 11) is -4.64. The minimum Gasteiger partial charge on any atom is -0.104 e. The Morgan fingerprint density at radius 3 is 1.06 bits per heavy atom. The van der Waals surface area contributed by atoms with Crippen LogP contribution in [0.25, 0.3) is 0 Å². The Morgan fingerprint density at radius 2 is 0.833 bits per heavy atom. The number of hydrogen-bond acceptors (Lipinski definition) is 0. The van der Waals surface area contributed by atoms with E-state index in [2.05, 4.69) is 75.9 Å². The molecule has 0 aromatic heterocycles. The maximum atomic E-state index is 2.78. The SMILES string of the molecule is CC[Si]1(C)/C=C/[Si](C)(C)[Si](C)(C)/C=C/[Si]1(C)CC. The summed E-state index contributed by atoms with van der Waals surface area (Å²) in [6.07, 6.45) is 0. The molecule has 0 fully saturated rings. The van der Waals surface area contributed by atoms with Gasteiger partial charge in [0.2, 0.25) is 0 Å². The number of rotatable bonds is 2. The summed E-state index contributed by atoms with van der Waals surface area (Å²) in [4.78, 5) is 0. The molecule has 0 aliphatic carbocycles. The van der Waals surface area contributed by atoms with Crippen molar-refractivity contribution in [1.82, 2.24) is 0 Å². The van der Waals surface area contributed by atoms with E-state index in [0.29, 0.717) is 0 Å². The Morgan fingerprint density at radius 1 is 0.556 bits per heavy atom. The van der Waals surface area contributed by atoms with E-state index >= 15 is 0 Å². The molecule has 2 unspecified atom stereocenters. The van der Waals surface area contributed by atoms with Gasteiger partial charge in [0, 0.05) is 0 Å². The summed E-state index contributed by atoms with van der Waals surface area (Å²) in [5.74, 6) is 0. The highest BCUT2D eigenvalue weighted by Gasteiger charge is 2.46. The molecule has 0 amide bonds. The molecule has 0 aromatic carbocycles. The van der Waals surface area contributed by atoms with Gasteiger partial charge in [-0.2, -0.15) is 0 Å². The molecule has 18 heavy (non-hydrogen) atoms. The van der Waals surface area contributed by atoms with Crippen LogP contribution in [0.5, 0.6) is 0 Å². The van der Waals surface area contributed by atoms with E-state index in [1.165, 1.54) is 12.1 Å². The lowest BCUT2D eigenvalue weighted by Gasteiger charge is -2.44. The van der Waals surface area contributed by atoms with Gasteiger partial charge < -0.3 is 0 Å². The molecule has 2 atom stereocenters. The Bertz CT molecular complexity index is 334. The van der Waals surface area contributed by atoms with Crippen LogP contribution in [0.2, 0.25) is 51.4 Å². The first-order valence-corrected chi connectivity index (χ1v) is 21.2. The van der Waals surface area contributed by atoms with Gasteiger partial charge in [0.1, 0.15) is 0 Å². The van der Waals surface area contributed by atoms with Crippen molar-refractivity contribution >= 4 is 30.4 Å². The lowest BCUT2D eigenvalue weighted by Crippen LogP contribution is -2.60. The van der Waals surface area contributed by atoms with Crippen molar-refractivity contribution in [3.8, 4) is 0 Å². The molecule has 0 saturated heterocycles. The van der Waals surface area contributed by atoms with Gasteiger partial charge >= 0.3 is 0 Å². The second kappa shape index (κ2) is 5.03. The predicted octanol–water partition coefficient (Wildman–Crippen LogP) is 5.04. The zero-order valence-electron chi connectivity index (χ0n) is 13.7. The molecule has 1 aliphatic heterocycles. The van der Waals surface area contributed by atoms with E-state index in [4.69, 9.17) is 0 Å². The van der Waals surface area contributed by atoms with Crippen LogP contribution in [-0.4, -0.2) is 30.4 Å². The lowest BCUT2D eigenvalue weighted by atomic mass is 11.0. The summed E-state index contributed by atoms with van der Waals surface area (Å²) >= 11 is 0. The van der Waals surface area contributed by atoms with Crippen molar-refractivity contribution < 1.29 is 0 Å². The van der Waals surface area contributed by atoms with Crippen LogP contribution in [0.4, 0.5) is 0 Å². The van der Waals surface area contributed by atoms with Crippen LogP contribution in [0.15, 0.2) is 22.8 Å². The van der Waals surface area contributed by atoms with Crippen molar-refractivity contribution in [2.45, 2.75) is 65.2 Å². The van der Waals surface area contributed by atoms with E-state index in [0.717, 1.165) is 0 Å². The van der Waals surface area contributed by atoms with Crippen molar-refractivity contribution in [3.63, 3.8) is 0 Å². The number of hydrogen-bond donors (Lipinski definition) is 0. The van der Waals surface area contributed by atoms with Crippen molar-refractivity contribution in [1.29, 1.82) is 0 Å². The van der Waals surface area contributed by atoms with E-state index in [1.54, 1.807) is 0 Å². The van der Waals surface area contributed by atoms with Gasteiger partial charge in [0.05, 0.1) is 30.4 Å². The normalized spacial score (nSPS) is 41.8. The maximum Gasteiger partial charge on any atom is 0.0713 e. The zero-order chi connectivity index (χ0) is 14.2. The van der Waals surface area contributed by atoms with Crippen molar-refractivity contribution in [2.75, 3.05) is 0 Å². The molecule has 0 nitrogen and oxygen atoms in total. The van der Waals surface area contributed by atoms with Gasteiger partial charge in [-0.05, 0) is 0 Å². The molecular formula is C14H32Si4. The second-order valence-corrected chi connectivity index (χ2v) is 37.5. The smallest absolute Gasteiger partial charge is 0.0713 e. The molecule has 104 valence electrons. The van der Waals surface area contributed by atoms with Gasteiger partial charge in [0.15, 0.2) is 0 Å². The molecule has 0 aromatic rings. The molecule has 1 heterocycles. The third-order valence-corrected chi connectivity index (χ3v) is 41.4. The Hall–Kier alpha value is 0.348. The molecular weight excluding hydrogens is 280 g/mol. The summed E-state index contributed by atoms with van der Waals surface area (Å²) in [6, 6.07) is 2.85. The fourth-order valence-electron chi connectivity index (χ4n) is 2.64. The van der Waals surface area contributed by atoms with Gasteiger partial charge in [-0.15, -0.1) is 22.8 Å². The molecule has 1 rings (SSSR count). The Balaban J connectivity index is 3.37. The zero-order valence-corrected chi connectivity index (χ0v) is 17.7. The largest absolute Gasteiger partial charge is 0.104 e. The summed E-state index contributed by atoms with van der Waals surface area (Å²) in [6.45, 7) is 20.5. The highest BCUT2D eigenvalue weighted by molar-refractivity contribution is 7.49. The Kier molecular flexibility index (Phi) is 4.59. The molecule has 1 aliphatic rings. The molecule has 0 saturated carbocycles. The average molecular weight is 313 g/mol. The first-order chi connectivity index (χ1) is 8.04. The summed E-state index contributed by atoms with van der Waals surface area (Å²) in [5.41, 5.74) is 11.1. The molecule has 0 radical (unpaired) electrons. The van der Waals surface area contributed by atoms with Gasteiger partial charge in [-0.3, -0.25) is 0 Å². The van der Waals surface area contributed by atoms with Crippen LogP contribution in [0.3, 0.4) is 0 Å². The third-order valence-electron chi connectivity index (χ3n) is 6.17. The van der Waals surface area contributed by atoms with Crippen LogP contribution >= 0.6 is 0 Å². The summed E-state index contributed by atoms with van der Waals surface area (Å²) in [5, 5.41) is 0. The third kappa shape index (κ3) is 2.62. The first-order valence-electron chi connectivity index (χ1n) is 7.44. The molecule has 0 N–H and O–H groups in total. The molecule has 0 bridgehead atoms. The van der Waals surface area contributed by atoms with Crippen LogP contribution in [0, 0.1) is 0 Å². The van der Waals surface area contributed by atoms with Crippen LogP contribution in [0.1, 0.15) is 13.8 Å². The van der Waals surface area contributed by atoms with E-state index < -0.39 is 30.4 Å². The van der Waals surface area contributed by atoms with Crippen molar-refractivity contribution in [2.24, 2.45) is 0 Å². The fraction of sp³-hybridized carbons (Fsp3) is 0.714. The maximum absolute atomic E-state index is 2.78. The van der Waals surface area contributed by atoms with Crippen LogP contribution in [-0.2, 0) is 0 Å². The average Bonchev–Trinajstić information content (AvgIpc) is 2.32. The van der Waals surface area contributed by atoms with Crippen molar-refractivity contribution in [3.05, 3.63) is 22.8 Å². The summed E-state index contributed by atoms with van der Waals surface area (Å²) < 4.78 is 0. The van der Waals surface area contributed by atoms with Gasteiger partial charge in [-0.25, -0.2) is 0 Å². The Labute approximate surface area is 118 Å². The van der Waals surface area contributed by atoms with E-state index in [9.17, 15) is 0 Å². The van der Waals surface area contributed by atoms with Crippen LogP contribution < -0.4 is 0 Å². The minimum atomic E-state index is -1.17. The lowest BCUT2D eigenvalue weighted by molar-refractivity contribution is 1.35. The molecule has 4 heteroatoms. The minimum absolute atomic E-state index is 1.15. The monoisotopic (exact) mass is 312 g/mol. The first kappa shape index (κ1) is 16.4. The fourth-order valence-corrected chi connectivity index (χ4v) is 25.3. The molecule has 0 spiro atoms. The van der Waals surface area contributed by atoms with Gasteiger partial charge in [-0.1, -0.05) is 65.2 Å². The van der Waals surface area contributed by atoms with E-state index in [1.807, 2.05) is 0 Å². The van der Waals surface area contributed by atoms with E-state index in [-0.39, 0.29) is 0 Å². The highest BCUT2D eigenvalue weighted by Crippen LogP contribution is 2.34. The van der Waals surface area contributed by atoms with Gasteiger partial charge in [0.25, 0.3) is 0 Å². The topological polar surface area (TPSA) is 0 Å². The quantitative estimate of drug-likeness (QED) is 0.627. The predicted molar refractivity (Wildman–Crippen MR) is 97.4 cm³/mol. The second-order valence-electron chi connectivity index (χ2n) is 7.65. The standard InChI is InChI=1S/C14H32Si4/c1-9-17(7)13-11-15(3,4)16(5,6)12-14-18(17,8)10-2/h11-14H,9-10H2,1-8H3/b13-11+,14-12+.